The largest absolute Gasteiger partial charge is 0.457 e. The fourth-order valence-corrected chi connectivity index (χ4v) is 4.79. The summed E-state index contributed by atoms with van der Waals surface area (Å²) in [6, 6.07) is 29.7. The number of hydrogen-bond acceptors (Lipinski definition) is 5. The first-order valence-corrected chi connectivity index (χ1v) is 13.6. The molecule has 0 atom stereocenters. The zero-order valence-electron chi connectivity index (χ0n) is 21.3. The van der Waals surface area contributed by atoms with E-state index in [0.717, 1.165) is 44.0 Å². The van der Waals surface area contributed by atoms with Gasteiger partial charge in [-0.15, -0.1) is 0 Å². The molecule has 6 nitrogen and oxygen atoms in total. The van der Waals surface area contributed by atoms with Gasteiger partial charge in [0.05, 0.1) is 0 Å². The summed E-state index contributed by atoms with van der Waals surface area (Å²) >= 11 is 11.3. The molecular formula is C31H29ClN4O2S. The Morgan fingerprint density at radius 1 is 0.897 bits per heavy atom. The Morgan fingerprint density at radius 2 is 1.62 bits per heavy atom. The lowest BCUT2D eigenvalue weighted by Gasteiger charge is -2.36. The number of nitrogens with zero attached hydrogens (tertiary/aromatic N) is 2. The zero-order chi connectivity index (χ0) is 27.0. The fraction of sp³-hybridized carbons (Fsp3) is 0.161. The third kappa shape index (κ3) is 7.57. The quantitative estimate of drug-likeness (QED) is 0.201. The van der Waals surface area contributed by atoms with E-state index in [9.17, 15) is 4.79 Å². The van der Waals surface area contributed by atoms with E-state index in [-0.39, 0.29) is 11.0 Å². The van der Waals surface area contributed by atoms with Crippen molar-refractivity contribution in [3.8, 4) is 11.3 Å². The summed E-state index contributed by atoms with van der Waals surface area (Å²) in [5.74, 6) is 0.911. The second kappa shape index (κ2) is 12.8. The molecule has 1 saturated heterocycles. The summed E-state index contributed by atoms with van der Waals surface area (Å²) in [7, 11) is 0. The fourth-order valence-electron chi connectivity index (χ4n) is 4.45. The van der Waals surface area contributed by atoms with E-state index in [4.69, 9.17) is 28.2 Å². The lowest BCUT2D eigenvalue weighted by atomic mass is 10.2. The minimum atomic E-state index is -0.345. The van der Waals surface area contributed by atoms with Gasteiger partial charge in [-0.3, -0.25) is 15.0 Å². The van der Waals surface area contributed by atoms with Crippen molar-refractivity contribution in [2.24, 2.45) is 0 Å². The second-order valence-corrected chi connectivity index (χ2v) is 10.1. The topological polar surface area (TPSA) is 60.8 Å². The van der Waals surface area contributed by atoms with Crippen molar-refractivity contribution in [3.05, 3.63) is 113 Å². The van der Waals surface area contributed by atoms with Crippen LogP contribution < -0.4 is 15.5 Å². The van der Waals surface area contributed by atoms with Crippen molar-refractivity contribution in [2.75, 3.05) is 36.4 Å². The van der Waals surface area contributed by atoms with Crippen LogP contribution in [0.1, 0.15) is 11.3 Å². The van der Waals surface area contributed by atoms with Crippen molar-refractivity contribution in [1.82, 2.24) is 10.2 Å². The van der Waals surface area contributed by atoms with Crippen LogP contribution in [0, 0.1) is 0 Å². The van der Waals surface area contributed by atoms with Gasteiger partial charge in [-0.1, -0.05) is 41.9 Å². The molecule has 4 aromatic rings. The van der Waals surface area contributed by atoms with Crippen LogP contribution in [0.3, 0.4) is 0 Å². The van der Waals surface area contributed by atoms with E-state index < -0.39 is 0 Å². The molecule has 0 unspecified atom stereocenters. The predicted octanol–water partition coefficient (Wildman–Crippen LogP) is 6.45. The summed E-state index contributed by atoms with van der Waals surface area (Å²) in [5.41, 5.74) is 4.25. The summed E-state index contributed by atoms with van der Waals surface area (Å²) in [5, 5.41) is 6.63. The highest BCUT2D eigenvalue weighted by Gasteiger charge is 2.17. The van der Waals surface area contributed by atoms with Gasteiger partial charge in [0.1, 0.15) is 11.5 Å². The standard InChI is InChI=1S/C31H29ClN4O2S/c32-25-8-6-24(7-9-25)29-16-14-28(38-29)15-17-30(37)34-31(39)33-26-10-12-27(13-11-26)36-20-18-35(19-21-36)22-23-4-2-1-3-5-23/h1-17H,18-22H2,(H2,33,34,37,39)/b17-15+. The molecule has 0 aliphatic carbocycles. The summed E-state index contributed by atoms with van der Waals surface area (Å²) < 4.78 is 5.79. The normalized spacial score (nSPS) is 13.9. The molecule has 3 aromatic carbocycles. The summed E-state index contributed by atoms with van der Waals surface area (Å²) in [4.78, 5) is 17.2. The van der Waals surface area contributed by atoms with Gasteiger partial charge >= 0.3 is 0 Å². The Bertz CT molecular complexity index is 1430. The third-order valence-electron chi connectivity index (χ3n) is 6.50. The minimum absolute atomic E-state index is 0.230. The van der Waals surface area contributed by atoms with Gasteiger partial charge in [0.2, 0.25) is 5.91 Å². The molecule has 39 heavy (non-hydrogen) atoms. The van der Waals surface area contributed by atoms with Gasteiger partial charge in [0, 0.05) is 60.8 Å². The third-order valence-corrected chi connectivity index (χ3v) is 6.96. The molecule has 198 valence electrons. The van der Waals surface area contributed by atoms with Crippen LogP contribution >= 0.6 is 23.8 Å². The maximum Gasteiger partial charge on any atom is 0.250 e. The van der Waals surface area contributed by atoms with Crippen molar-refractivity contribution in [2.45, 2.75) is 6.54 Å². The van der Waals surface area contributed by atoms with Gasteiger partial charge in [0.25, 0.3) is 0 Å². The molecule has 0 saturated carbocycles. The molecule has 1 fully saturated rings. The zero-order valence-corrected chi connectivity index (χ0v) is 22.9. The number of thiocarbonyl (C=S) groups is 1. The smallest absolute Gasteiger partial charge is 0.250 e. The van der Waals surface area contributed by atoms with E-state index in [0.29, 0.717) is 16.5 Å². The average Bonchev–Trinajstić information content (AvgIpc) is 3.43. The van der Waals surface area contributed by atoms with Crippen LogP contribution in [0.25, 0.3) is 17.4 Å². The number of halogens is 1. The number of anilines is 2. The Kier molecular flexibility index (Phi) is 8.73. The minimum Gasteiger partial charge on any atom is -0.457 e. The molecule has 2 heterocycles. The summed E-state index contributed by atoms with van der Waals surface area (Å²) in [6.45, 7) is 5.01. The SMILES string of the molecule is O=C(/C=C/c1ccc(-c2ccc(Cl)cc2)o1)NC(=S)Nc1ccc(N2CCN(Cc3ccccc3)CC2)cc1. The lowest BCUT2D eigenvalue weighted by molar-refractivity contribution is -0.115. The monoisotopic (exact) mass is 556 g/mol. The molecule has 0 radical (unpaired) electrons. The lowest BCUT2D eigenvalue weighted by Crippen LogP contribution is -2.45. The number of piperazine rings is 1. The van der Waals surface area contributed by atoms with Crippen LogP contribution in [0.2, 0.25) is 5.02 Å². The number of furan rings is 1. The Hall–Kier alpha value is -3.91. The van der Waals surface area contributed by atoms with Gasteiger partial charge < -0.3 is 14.6 Å². The van der Waals surface area contributed by atoms with Crippen molar-refractivity contribution in [3.63, 3.8) is 0 Å². The molecule has 0 spiro atoms. The molecular weight excluding hydrogens is 528 g/mol. The molecule has 2 N–H and O–H groups in total. The molecule has 1 aliphatic rings. The highest BCUT2D eigenvalue weighted by Crippen LogP contribution is 2.24. The average molecular weight is 557 g/mol. The summed E-state index contributed by atoms with van der Waals surface area (Å²) in [6.07, 6.45) is 2.99. The van der Waals surface area contributed by atoms with Crippen LogP contribution in [-0.4, -0.2) is 42.1 Å². The van der Waals surface area contributed by atoms with Gasteiger partial charge in [-0.2, -0.15) is 0 Å². The van der Waals surface area contributed by atoms with E-state index in [1.807, 2.05) is 30.3 Å². The van der Waals surface area contributed by atoms with Crippen LogP contribution in [0.15, 0.2) is 101 Å². The van der Waals surface area contributed by atoms with E-state index in [2.05, 4.69) is 62.9 Å². The Morgan fingerprint density at radius 3 is 2.33 bits per heavy atom. The first-order chi connectivity index (χ1) is 19.0. The molecule has 8 heteroatoms. The first kappa shape index (κ1) is 26.7. The Balaban J connectivity index is 1.07. The van der Waals surface area contributed by atoms with Crippen molar-refractivity contribution in [1.29, 1.82) is 0 Å². The van der Waals surface area contributed by atoms with Crippen LogP contribution in [-0.2, 0) is 11.3 Å². The molecule has 0 bridgehead atoms. The number of carbonyl (C=O) groups excluding carboxylic acids is 1. The highest BCUT2D eigenvalue weighted by molar-refractivity contribution is 7.80. The Labute approximate surface area is 238 Å². The number of amides is 1. The number of hydrogen-bond donors (Lipinski definition) is 2. The predicted molar refractivity (Wildman–Crippen MR) is 163 cm³/mol. The number of nitrogens with one attached hydrogen (secondary N) is 2. The number of rotatable bonds is 7. The maximum absolute atomic E-state index is 12.3. The molecule has 1 aliphatic heterocycles. The van der Waals surface area contributed by atoms with Crippen LogP contribution in [0.4, 0.5) is 11.4 Å². The van der Waals surface area contributed by atoms with Gasteiger partial charge in [-0.25, -0.2) is 0 Å². The highest BCUT2D eigenvalue weighted by atomic mass is 35.5. The number of benzene rings is 3. The maximum atomic E-state index is 12.3. The second-order valence-electron chi connectivity index (χ2n) is 9.28. The first-order valence-electron chi connectivity index (χ1n) is 12.8. The van der Waals surface area contributed by atoms with Crippen LogP contribution in [0.5, 0.6) is 0 Å². The molecule has 1 amide bonds. The van der Waals surface area contributed by atoms with E-state index in [1.54, 1.807) is 24.3 Å². The van der Waals surface area contributed by atoms with Crippen molar-refractivity contribution < 1.29 is 9.21 Å². The number of carbonyl (C=O) groups is 1. The molecule has 5 rings (SSSR count). The van der Waals surface area contributed by atoms with Crippen molar-refractivity contribution >= 4 is 52.3 Å². The molecule has 1 aromatic heterocycles. The van der Waals surface area contributed by atoms with E-state index >= 15 is 0 Å². The van der Waals surface area contributed by atoms with E-state index in [1.165, 1.54) is 17.3 Å². The van der Waals surface area contributed by atoms with Gasteiger partial charge in [0.15, 0.2) is 5.11 Å². The van der Waals surface area contributed by atoms with Gasteiger partial charge in [-0.05, 0) is 84.5 Å².